The number of H-pyrrole nitrogens is 1. The molecule has 0 saturated carbocycles. The highest BCUT2D eigenvalue weighted by molar-refractivity contribution is 5.93. The van der Waals surface area contributed by atoms with Gasteiger partial charge < -0.3 is 43.7 Å². The molecule has 0 spiro atoms. The highest BCUT2D eigenvalue weighted by Gasteiger charge is 2.53. The van der Waals surface area contributed by atoms with Crippen LogP contribution in [0.15, 0.2) is 39.5 Å². The molecule has 2 saturated heterocycles. The molecule has 0 aliphatic carbocycles. The molecular formula is C28H35N3O8. The van der Waals surface area contributed by atoms with Gasteiger partial charge in [0, 0.05) is 56.0 Å². The van der Waals surface area contributed by atoms with Gasteiger partial charge in [0.2, 0.25) is 6.29 Å². The fourth-order valence-corrected chi connectivity index (χ4v) is 5.37. The van der Waals surface area contributed by atoms with Gasteiger partial charge in [0.25, 0.3) is 0 Å². The van der Waals surface area contributed by atoms with Crippen molar-refractivity contribution < 1.29 is 33.3 Å². The van der Waals surface area contributed by atoms with Crippen LogP contribution >= 0.6 is 0 Å². The summed E-state index contributed by atoms with van der Waals surface area (Å²) in [6.45, 7) is 10.4. The van der Waals surface area contributed by atoms with Crippen LogP contribution in [0.5, 0.6) is 5.75 Å². The predicted octanol–water partition coefficient (Wildman–Crippen LogP) is 2.26. The number of carbonyl (C=O) groups excluding carboxylic acids is 1. The number of aromatic nitrogens is 1. The summed E-state index contributed by atoms with van der Waals surface area (Å²) in [6, 6.07) is 8.48. The molecule has 2 fully saturated rings. The van der Waals surface area contributed by atoms with Crippen molar-refractivity contribution in [2.24, 2.45) is 0 Å². The number of methoxy groups -OCH3 is 1. The Morgan fingerprint density at radius 2 is 1.90 bits per heavy atom. The van der Waals surface area contributed by atoms with Gasteiger partial charge in [0.15, 0.2) is 12.2 Å². The number of hydrogen-bond acceptors (Lipinski definition) is 10. The lowest BCUT2D eigenvalue weighted by molar-refractivity contribution is -0.305. The van der Waals surface area contributed by atoms with E-state index in [-0.39, 0.29) is 5.69 Å². The number of benzene rings is 1. The Labute approximate surface area is 226 Å². The molecule has 2 aliphatic heterocycles. The van der Waals surface area contributed by atoms with Crippen molar-refractivity contribution in [2.75, 3.05) is 38.2 Å². The highest BCUT2D eigenvalue weighted by Crippen LogP contribution is 2.37. The number of esters is 1. The summed E-state index contributed by atoms with van der Waals surface area (Å²) in [5.74, 6) is -0.265. The highest BCUT2D eigenvalue weighted by atomic mass is 16.7. The van der Waals surface area contributed by atoms with Crippen molar-refractivity contribution >= 4 is 22.6 Å². The van der Waals surface area contributed by atoms with Crippen LogP contribution in [0, 0.1) is 13.8 Å². The standard InChI is InChI=1S/C28H35N3O8/c1-15-6-8-18(30-15)26(34)38-24-22(33)27(39-28(3,4)25(24)35-5)36-20-9-7-17-19(31-12-10-29-11-13-31)14-21(32)37-23(17)16(20)2/h6-9,14,22,24-25,27,29-30,33H,10-13H2,1-5H3/t22-,24+,25-,27-/m1/s1. The SMILES string of the molecule is CO[C@@H]1[C@@H](OC(=O)c2ccc(C)[nH]2)[C@@H](O)[C@H](Oc2ccc3c(N4CCNCC4)cc(=O)oc3c2C)OC1(C)C. The fraction of sp³-hybridized carbons (Fsp3) is 0.500. The second-order valence-corrected chi connectivity index (χ2v) is 10.5. The minimum Gasteiger partial charge on any atom is -0.462 e. The molecule has 0 unspecified atom stereocenters. The third-order valence-electron chi connectivity index (χ3n) is 7.36. The van der Waals surface area contributed by atoms with E-state index in [2.05, 4.69) is 15.2 Å². The van der Waals surface area contributed by atoms with Gasteiger partial charge in [-0.3, -0.25) is 0 Å². The predicted molar refractivity (Wildman–Crippen MR) is 143 cm³/mol. The van der Waals surface area contributed by atoms with Crippen LogP contribution in [-0.2, 0) is 14.2 Å². The minimum absolute atomic E-state index is 0.261. The summed E-state index contributed by atoms with van der Waals surface area (Å²) >= 11 is 0. The van der Waals surface area contributed by atoms with Gasteiger partial charge in [-0.1, -0.05) is 0 Å². The zero-order valence-electron chi connectivity index (χ0n) is 22.8. The smallest absolute Gasteiger partial charge is 0.355 e. The number of aliphatic hydroxyl groups excluding tert-OH is 1. The third-order valence-corrected chi connectivity index (χ3v) is 7.36. The molecular weight excluding hydrogens is 506 g/mol. The van der Waals surface area contributed by atoms with Gasteiger partial charge >= 0.3 is 11.6 Å². The zero-order valence-corrected chi connectivity index (χ0v) is 22.8. The Morgan fingerprint density at radius 1 is 1.15 bits per heavy atom. The van der Waals surface area contributed by atoms with Crippen molar-refractivity contribution in [1.82, 2.24) is 10.3 Å². The number of hydrogen-bond donors (Lipinski definition) is 3. The molecule has 3 aromatic rings. The molecule has 11 nitrogen and oxygen atoms in total. The van der Waals surface area contributed by atoms with Crippen LogP contribution in [0.3, 0.4) is 0 Å². The van der Waals surface area contributed by atoms with Gasteiger partial charge in [-0.05, 0) is 52.0 Å². The lowest BCUT2D eigenvalue weighted by Gasteiger charge is -2.47. The number of fused-ring (bicyclic) bond motifs is 1. The van der Waals surface area contributed by atoms with E-state index in [1.165, 1.54) is 13.2 Å². The molecule has 0 amide bonds. The van der Waals surface area contributed by atoms with Crippen LogP contribution in [0.25, 0.3) is 11.0 Å². The van der Waals surface area contributed by atoms with E-state index in [4.69, 9.17) is 23.4 Å². The van der Waals surface area contributed by atoms with E-state index in [0.717, 1.165) is 42.9 Å². The summed E-state index contributed by atoms with van der Waals surface area (Å²) < 4.78 is 29.2. The van der Waals surface area contributed by atoms with Crippen molar-refractivity contribution in [1.29, 1.82) is 0 Å². The number of aromatic amines is 1. The molecule has 210 valence electrons. The van der Waals surface area contributed by atoms with Gasteiger partial charge in [-0.15, -0.1) is 0 Å². The molecule has 2 aromatic heterocycles. The maximum absolute atomic E-state index is 12.9. The van der Waals surface area contributed by atoms with Crippen molar-refractivity contribution in [3.8, 4) is 5.75 Å². The van der Waals surface area contributed by atoms with E-state index in [9.17, 15) is 14.7 Å². The maximum Gasteiger partial charge on any atom is 0.355 e. The van der Waals surface area contributed by atoms with Crippen LogP contribution in [0.2, 0.25) is 0 Å². The minimum atomic E-state index is -1.38. The number of rotatable bonds is 6. The molecule has 2 aliphatic rings. The number of nitrogens with one attached hydrogen (secondary N) is 2. The average molecular weight is 542 g/mol. The first-order valence-corrected chi connectivity index (χ1v) is 13.0. The Balaban J connectivity index is 1.44. The molecule has 1 aromatic carbocycles. The normalized spacial score (nSPS) is 25.0. The molecule has 4 heterocycles. The van der Waals surface area contributed by atoms with Crippen LogP contribution < -0.4 is 20.6 Å². The molecule has 3 N–H and O–H groups in total. The monoisotopic (exact) mass is 541 g/mol. The Bertz CT molecular complexity index is 1410. The van der Waals surface area contributed by atoms with Gasteiger partial charge in [-0.25, -0.2) is 9.59 Å². The van der Waals surface area contributed by atoms with Crippen LogP contribution in [0.4, 0.5) is 5.69 Å². The van der Waals surface area contributed by atoms with Crippen molar-refractivity contribution in [3.63, 3.8) is 0 Å². The summed E-state index contributed by atoms with van der Waals surface area (Å²) in [7, 11) is 1.47. The molecule has 4 atom stereocenters. The third kappa shape index (κ3) is 5.27. The topological polar surface area (TPSA) is 135 Å². The average Bonchev–Trinajstić information content (AvgIpc) is 3.35. The zero-order chi connectivity index (χ0) is 27.9. The Kier molecular flexibility index (Phi) is 7.43. The summed E-state index contributed by atoms with van der Waals surface area (Å²) in [4.78, 5) is 30.4. The summed E-state index contributed by atoms with van der Waals surface area (Å²) in [5.41, 5.74) is 1.41. The van der Waals surface area contributed by atoms with E-state index in [1.54, 1.807) is 39.0 Å². The second kappa shape index (κ2) is 10.6. The van der Waals surface area contributed by atoms with Crippen LogP contribution in [0.1, 0.15) is 35.6 Å². The number of ether oxygens (including phenoxy) is 4. The maximum atomic E-state index is 12.9. The van der Waals surface area contributed by atoms with E-state index >= 15 is 0 Å². The summed E-state index contributed by atoms with van der Waals surface area (Å²) in [5, 5.41) is 15.4. The van der Waals surface area contributed by atoms with Crippen LogP contribution in [-0.4, -0.2) is 79.6 Å². The van der Waals surface area contributed by atoms with E-state index in [0.29, 0.717) is 16.9 Å². The van der Waals surface area contributed by atoms with E-state index in [1.807, 2.05) is 13.0 Å². The van der Waals surface area contributed by atoms with E-state index < -0.39 is 41.8 Å². The number of aliphatic hydroxyl groups is 1. The lowest BCUT2D eigenvalue weighted by Crippen LogP contribution is -2.65. The Morgan fingerprint density at radius 3 is 2.56 bits per heavy atom. The van der Waals surface area contributed by atoms with Crippen molar-refractivity contribution in [2.45, 2.75) is 57.9 Å². The molecule has 39 heavy (non-hydrogen) atoms. The second-order valence-electron chi connectivity index (χ2n) is 10.5. The fourth-order valence-electron chi connectivity index (χ4n) is 5.37. The number of piperazine rings is 1. The molecule has 0 radical (unpaired) electrons. The molecule has 5 rings (SSSR count). The lowest BCUT2D eigenvalue weighted by atomic mass is 9.89. The van der Waals surface area contributed by atoms with Gasteiger partial charge in [-0.2, -0.15) is 0 Å². The first kappa shape index (κ1) is 27.2. The number of nitrogens with zero attached hydrogens (tertiary/aromatic N) is 1. The van der Waals surface area contributed by atoms with Gasteiger partial charge in [0.05, 0.1) is 11.3 Å². The molecule has 11 heteroatoms. The first-order valence-electron chi connectivity index (χ1n) is 13.0. The quantitative estimate of drug-likeness (QED) is 0.315. The first-order chi connectivity index (χ1) is 18.6. The van der Waals surface area contributed by atoms with Gasteiger partial charge in [0.1, 0.15) is 23.1 Å². The summed E-state index contributed by atoms with van der Waals surface area (Å²) in [6.07, 6.45) is -4.44. The number of anilines is 1. The number of aryl methyl sites for hydroxylation is 2. The number of carbonyl (C=O) groups is 1. The Hall–Kier alpha value is -3.38. The molecule has 0 bridgehead atoms. The van der Waals surface area contributed by atoms with Crippen molar-refractivity contribution in [3.05, 3.63) is 57.7 Å². The largest absolute Gasteiger partial charge is 0.462 e.